The van der Waals surface area contributed by atoms with Crippen molar-refractivity contribution in [2.24, 2.45) is 0 Å². The molecule has 1 aliphatic rings. The summed E-state index contributed by atoms with van der Waals surface area (Å²) >= 11 is 0. The van der Waals surface area contributed by atoms with E-state index in [0.717, 1.165) is 6.07 Å². The monoisotopic (exact) mass is 252 g/mol. The van der Waals surface area contributed by atoms with Crippen LogP contribution in [0.1, 0.15) is 24.2 Å². The average molecular weight is 252 g/mol. The number of amides is 1. The minimum Gasteiger partial charge on any atom is -0.507 e. The van der Waals surface area contributed by atoms with Crippen molar-refractivity contribution in [2.45, 2.75) is 26.1 Å². The van der Waals surface area contributed by atoms with Gasteiger partial charge in [-0.05, 0) is 13.8 Å². The lowest BCUT2D eigenvalue weighted by atomic mass is 10.1. The Morgan fingerprint density at radius 1 is 1.44 bits per heavy atom. The van der Waals surface area contributed by atoms with Crippen LogP contribution in [0.2, 0.25) is 0 Å². The fourth-order valence-corrected chi connectivity index (χ4v) is 2.15. The standard InChI is InChI=1S/C12H16N2O4/c1-7-5-14(6-8(2)18-7)12(17)9-4-13-11(16)3-10(9)15/h3-4,7-8H,5-6H2,1-2H3,(H2,13,15,16). The van der Waals surface area contributed by atoms with Gasteiger partial charge in [0.2, 0.25) is 0 Å². The Kier molecular flexibility index (Phi) is 3.38. The number of hydrogen-bond donors (Lipinski definition) is 2. The van der Waals surface area contributed by atoms with Crippen LogP contribution < -0.4 is 5.56 Å². The van der Waals surface area contributed by atoms with E-state index < -0.39 is 5.56 Å². The molecule has 0 saturated carbocycles. The largest absolute Gasteiger partial charge is 0.507 e. The minimum atomic E-state index is -0.437. The van der Waals surface area contributed by atoms with Gasteiger partial charge in [0.05, 0.1) is 17.8 Å². The first kappa shape index (κ1) is 12.6. The summed E-state index contributed by atoms with van der Waals surface area (Å²) in [5.74, 6) is -0.596. The lowest BCUT2D eigenvalue weighted by molar-refractivity contribution is -0.0586. The highest BCUT2D eigenvalue weighted by atomic mass is 16.5. The molecule has 0 bridgehead atoms. The average Bonchev–Trinajstić information content (AvgIpc) is 2.26. The van der Waals surface area contributed by atoms with Gasteiger partial charge in [0.15, 0.2) is 0 Å². The third kappa shape index (κ3) is 2.53. The Hall–Kier alpha value is -1.82. The minimum absolute atomic E-state index is 0.0393. The summed E-state index contributed by atoms with van der Waals surface area (Å²) < 4.78 is 5.54. The molecule has 98 valence electrons. The number of aromatic nitrogens is 1. The van der Waals surface area contributed by atoms with Crippen molar-refractivity contribution in [1.29, 1.82) is 0 Å². The van der Waals surface area contributed by atoms with E-state index in [2.05, 4.69) is 4.98 Å². The molecule has 2 heterocycles. The number of morpholine rings is 1. The number of nitrogens with one attached hydrogen (secondary N) is 1. The first-order valence-corrected chi connectivity index (χ1v) is 5.84. The highest BCUT2D eigenvalue weighted by Gasteiger charge is 2.27. The molecule has 1 aromatic heterocycles. The van der Waals surface area contributed by atoms with Gasteiger partial charge in [-0.3, -0.25) is 9.59 Å². The number of nitrogens with zero attached hydrogens (tertiary/aromatic N) is 1. The molecule has 1 aliphatic heterocycles. The number of rotatable bonds is 1. The molecule has 6 nitrogen and oxygen atoms in total. The molecule has 2 N–H and O–H groups in total. The van der Waals surface area contributed by atoms with Crippen molar-refractivity contribution in [3.05, 3.63) is 28.2 Å². The van der Waals surface area contributed by atoms with Gasteiger partial charge in [0.25, 0.3) is 11.5 Å². The van der Waals surface area contributed by atoms with E-state index in [1.807, 2.05) is 13.8 Å². The van der Waals surface area contributed by atoms with Gasteiger partial charge in [-0.25, -0.2) is 0 Å². The molecule has 0 spiro atoms. The SMILES string of the molecule is CC1CN(C(=O)c2c[nH]c(=O)cc2O)CC(C)O1. The molecule has 1 amide bonds. The second-order valence-corrected chi connectivity index (χ2v) is 4.56. The van der Waals surface area contributed by atoms with E-state index in [1.165, 1.54) is 6.20 Å². The van der Waals surface area contributed by atoms with Crippen molar-refractivity contribution in [1.82, 2.24) is 9.88 Å². The molecule has 2 rings (SSSR count). The van der Waals surface area contributed by atoms with Crippen molar-refractivity contribution >= 4 is 5.91 Å². The van der Waals surface area contributed by atoms with E-state index >= 15 is 0 Å². The van der Waals surface area contributed by atoms with E-state index in [0.29, 0.717) is 13.1 Å². The van der Waals surface area contributed by atoms with Crippen LogP contribution in [0.3, 0.4) is 0 Å². The molecule has 0 aliphatic carbocycles. The van der Waals surface area contributed by atoms with Crippen LogP contribution in [0.4, 0.5) is 0 Å². The summed E-state index contributed by atoms with van der Waals surface area (Å²) in [5, 5.41) is 9.63. The first-order chi connectivity index (χ1) is 8.47. The second-order valence-electron chi connectivity index (χ2n) is 4.56. The third-order valence-electron chi connectivity index (χ3n) is 2.84. The van der Waals surface area contributed by atoms with Gasteiger partial charge in [-0.2, -0.15) is 0 Å². The Morgan fingerprint density at radius 3 is 2.61 bits per heavy atom. The van der Waals surface area contributed by atoms with Crippen molar-refractivity contribution in [2.75, 3.05) is 13.1 Å². The zero-order valence-electron chi connectivity index (χ0n) is 10.3. The van der Waals surface area contributed by atoms with Gasteiger partial charge in [0, 0.05) is 25.4 Å². The van der Waals surface area contributed by atoms with Gasteiger partial charge in [-0.15, -0.1) is 0 Å². The quantitative estimate of drug-likeness (QED) is 0.754. The molecule has 1 fully saturated rings. The van der Waals surface area contributed by atoms with Crippen LogP contribution in [-0.2, 0) is 4.74 Å². The lowest BCUT2D eigenvalue weighted by Crippen LogP contribution is -2.48. The highest BCUT2D eigenvalue weighted by Crippen LogP contribution is 2.18. The zero-order valence-corrected chi connectivity index (χ0v) is 10.3. The second kappa shape index (κ2) is 4.81. The molecular formula is C12H16N2O4. The van der Waals surface area contributed by atoms with Gasteiger partial charge >= 0.3 is 0 Å². The number of carbonyl (C=O) groups excluding carboxylic acids is 1. The fourth-order valence-electron chi connectivity index (χ4n) is 2.15. The van der Waals surface area contributed by atoms with Gasteiger partial charge < -0.3 is 19.7 Å². The smallest absolute Gasteiger partial charge is 0.259 e. The number of pyridine rings is 1. The Labute approximate surface area is 104 Å². The number of hydrogen-bond acceptors (Lipinski definition) is 4. The van der Waals surface area contributed by atoms with Crippen LogP contribution in [0.5, 0.6) is 5.75 Å². The Balaban J connectivity index is 2.22. The molecule has 2 unspecified atom stereocenters. The maximum absolute atomic E-state index is 12.2. The summed E-state index contributed by atoms with van der Waals surface area (Å²) in [6.07, 6.45) is 1.16. The summed E-state index contributed by atoms with van der Waals surface area (Å²) in [5.41, 5.74) is -0.330. The van der Waals surface area contributed by atoms with E-state index in [-0.39, 0.29) is 29.4 Å². The van der Waals surface area contributed by atoms with Crippen LogP contribution in [0.15, 0.2) is 17.1 Å². The molecule has 18 heavy (non-hydrogen) atoms. The van der Waals surface area contributed by atoms with Crippen LogP contribution in [0, 0.1) is 0 Å². The van der Waals surface area contributed by atoms with E-state index in [9.17, 15) is 14.7 Å². The van der Waals surface area contributed by atoms with Crippen LogP contribution in [-0.4, -0.2) is 46.2 Å². The third-order valence-corrected chi connectivity index (χ3v) is 2.84. The van der Waals surface area contributed by atoms with Gasteiger partial charge in [-0.1, -0.05) is 0 Å². The predicted octanol–water partition coefficient (Wildman–Crippen LogP) is 0.330. The summed E-state index contributed by atoms with van der Waals surface area (Å²) in [4.78, 5) is 27.2. The maximum atomic E-state index is 12.2. The summed E-state index contributed by atoms with van der Waals surface area (Å²) in [6.45, 7) is 4.73. The summed E-state index contributed by atoms with van der Waals surface area (Å²) in [6, 6.07) is 1.00. The highest BCUT2D eigenvalue weighted by molar-refractivity contribution is 5.96. The van der Waals surface area contributed by atoms with Crippen molar-refractivity contribution < 1.29 is 14.6 Å². The van der Waals surface area contributed by atoms with Crippen molar-refractivity contribution in [3.8, 4) is 5.75 Å². The molecule has 0 aromatic carbocycles. The van der Waals surface area contributed by atoms with Crippen LogP contribution >= 0.6 is 0 Å². The van der Waals surface area contributed by atoms with Crippen molar-refractivity contribution in [3.63, 3.8) is 0 Å². The topological polar surface area (TPSA) is 82.6 Å². The molecule has 6 heteroatoms. The van der Waals surface area contributed by atoms with E-state index in [1.54, 1.807) is 4.90 Å². The van der Waals surface area contributed by atoms with Crippen LogP contribution in [0.25, 0.3) is 0 Å². The molecular weight excluding hydrogens is 236 g/mol. The van der Waals surface area contributed by atoms with Gasteiger partial charge in [0.1, 0.15) is 5.75 Å². The first-order valence-electron chi connectivity index (χ1n) is 5.84. The number of aromatic amines is 1. The molecule has 1 saturated heterocycles. The zero-order chi connectivity index (χ0) is 13.3. The molecule has 2 atom stereocenters. The molecule has 1 aromatic rings. The summed E-state index contributed by atoms with van der Waals surface area (Å²) in [7, 11) is 0. The predicted molar refractivity (Wildman–Crippen MR) is 64.6 cm³/mol. The lowest BCUT2D eigenvalue weighted by Gasteiger charge is -2.35. The molecule has 0 radical (unpaired) electrons. The number of carbonyl (C=O) groups is 1. The fraction of sp³-hybridized carbons (Fsp3) is 0.500. The number of ether oxygens (including phenoxy) is 1. The number of aromatic hydroxyl groups is 1. The Bertz CT molecular complexity index is 501. The maximum Gasteiger partial charge on any atom is 0.259 e. The Morgan fingerprint density at radius 2 is 2.06 bits per heavy atom. The van der Waals surface area contributed by atoms with E-state index in [4.69, 9.17) is 4.74 Å². The number of H-pyrrole nitrogens is 1. The normalized spacial score (nSPS) is 24.0.